The molecule has 0 aliphatic rings. The molecule has 0 heterocycles. The predicted molar refractivity (Wildman–Crippen MR) is 50.9 cm³/mol. The molecule has 0 aliphatic heterocycles. The second-order valence-electron chi connectivity index (χ2n) is 2.70. The first-order valence-electron chi connectivity index (χ1n) is 3.82. The van der Waals surface area contributed by atoms with Gasteiger partial charge in [-0.2, -0.15) is 0 Å². The molecule has 0 atom stereocenters. The maximum atomic E-state index is 9.60. The van der Waals surface area contributed by atoms with Gasteiger partial charge in [0.25, 0.3) is 0 Å². The molecule has 64 valence electrons. The summed E-state index contributed by atoms with van der Waals surface area (Å²) in [5.41, 5.74) is 2.36. The topological polar surface area (TPSA) is 32.3 Å². The minimum atomic E-state index is 0.303. The molecule has 0 bridgehead atoms. The van der Waals surface area contributed by atoms with Crippen molar-refractivity contribution in [3.63, 3.8) is 0 Å². The Morgan fingerprint density at radius 3 is 2.75 bits per heavy atom. The monoisotopic (exact) mass is 163 g/mol. The van der Waals surface area contributed by atoms with E-state index in [4.69, 9.17) is 0 Å². The Bertz CT molecular complexity index is 305. The zero-order valence-corrected chi connectivity index (χ0v) is 7.39. The van der Waals surface area contributed by atoms with Crippen LogP contribution in [0.4, 0.5) is 0 Å². The lowest BCUT2D eigenvalue weighted by molar-refractivity contribution is 0.469. The minimum Gasteiger partial charge on any atom is -0.507 e. The van der Waals surface area contributed by atoms with Gasteiger partial charge in [-0.1, -0.05) is 18.7 Å². The second-order valence-corrected chi connectivity index (χ2v) is 2.70. The molecule has 2 nitrogen and oxygen atoms in total. The fourth-order valence-electron chi connectivity index (χ4n) is 1.04. The van der Waals surface area contributed by atoms with Crippen molar-refractivity contribution in [1.29, 1.82) is 0 Å². The van der Waals surface area contributed by atoms with E-state index >= 15 is 0 Å². The summed E-state index contributed by atoms with van der Waals surface area (Å²) < 4.78 is 0. The normalized spacial score (nSPS) is 9.50. The van der Waals surface area contributed by atoms with Crippen LogP contribution in [0.2, 0.25) is 0 Å². The molecule has 0 spiro atoms. The number of hydrogen-bond donors (Lipinski definition) is 2. The number of phenolic OH excluding ortho intramolecular Hbond substituents is 1. The SMILES string of the molecule is C=C(NC)c1cccc(C)c1O. The van der Waals surface area contributed by atoms with Crippen LogP contribution in [-0.2, 0) is 0 Å². The van der Waals surface area contributed by atoms with Crippen molar-refractivity contribution in [3.8, 4) is 5.75 Å². The zero-order chi connectivity index (χ0) is 9.14. The molecule has 0 aromatic heterocycles. The summed E-state index contributed by atoms with van der Waals surface area (Å²) in [5, 5.41) is 12.5. The van der Waals surface area contributed by atoms with Crippen LogP contribution in [0.25, 0.3) is 5.70 Å². The van der Waals surface area contributed by atoms with Gasteiger partial charge in [-0.05, 0) is 18.6 Å². The zero-order valence-electron chi connectivity index (χ0n) is 7.39. The highest BCUT2D eigenvalue weighted by Crippen LogP contribution is 2.25. The number of phenols is 1. The highest BCUT2D eigenvalue weighted by molar-refractivity contribution is 5.68. The molecule has 1 aromatic rings. The molecule has 0 saturated heterocycles. The van der Waals surface area contributed by atoms with Gasteiger partial charge in [0.15, 0.2) is 0 Å². The van der Waals surface area contributed by atoms with Gasteiger partial charge in [0.2, 0.25) is 0 Å². The lowest BCUT2D eigenvalue weighted by atomic mass is 10.1. The van der Waals surface area contributed by atoms with Gasteiger partial charge < -0.3 is 10.4 Å². The highest BCUT2D eigenvalue weighted by Gasteiger charge is 2.04. The average Bonchev–Trinajstić information content (AvgIpc) is 2.08. The largest absolute Gasteiger partial charge is 0.507 e. The number of rotatable bonds is 2. The Hall–Kier alpha value is -1.44. The third-order valence-corrected chi connectivity index (χ3v) is 1.86. The molecule has 2 heteroatoms. The molecular formula is C10H13NO. The maximum absolute atomic E-state index is 9.60. The summed E-state index contributed by atoms with van der Waals surface area (Å²) in [6.45, 7) is 5.64. The standard InChI is InChI=1S/C10H13NO/c1-7-5-4-6-9(10(7)12)8(2)11-3/h4-6,11-12H,2H2,1,3H3. The predicted octanol–water partition coefficient (Wildman–Crippen LogP) is 1.89. The summed E-state index contributed by atoms with van der Waals surface area (Å²) in [6.07, 6.45) is 0. The van der Waals surface area contributed by atoms with E-state index in [1.807, 2.05) is 25.1 Å². The van der Waals surface area contributed by atoms with Gasteiger partial charge in [0, 0.05) is 18.3 Å². The summed E-state index contributed by atoms with van der Waals surface area (Å²) in [6, 6.07) is 5.59. The molecule has 0 saturated carbocycles. The van der Waals surface area contributed by atoms with Gasteiger partial charge in [-0.3, -0.25) is 0 Å². The summed E-state index contributed by atoms with van der Waals surface area (Å²) in [7, 11) is 1.78. The van der Waals surface area contributed by atoms with E-state index in [2.05, 4.69) is 11.9 Å². The summed E-state index contributed by atoms with van der Waals surface area (Å²) >= 11 is 0. The third kappa shape index (κ3) is 1.42. The van der Waals surface area contributed by atoms with Crippen molar-refractivity contribution in [2.24, 2.45) is 0 Å². The van der Waals surface area contributed by atoms with E-state index in [0.29, 0.717) is 5.75 Å². The highest BCUT2D eigenvalue weighted by atomic mass is 16.3. The van der Waals surface area contributed by atoms with E-state index in [-0.39, 0.29) is 0 Å². The third-order valence-electron chi connectivity index (χ3n) is 1.86. The van der Waals surface area contributed by atoms with Gasteiger partial charge >= 0.3 is 0 Å². The smallest absolute Gasteiger partial charge is 0.127 e. The summed E-state index contributed by atoms with van der Waals surface area (Å²) in [5.74, 6) is 0.303. The number of aryl methyl sites for hydroxylation is 1. The quantitative estimate of drug-likeness (QED) is 0.697. The minimum absolute atomic E-state index is 0.303. The van der Waals surface area contributed by atoms with E-state index < -0.39 is 0 Å². The van der Waals surface area contributed by atoms with Gasteiger partial charge in [-0.25, -0.2) is 0 Å². The number of para-hydroxylation sites is 1. The molecule has 1 aromatic carbocycles. The van der Waals surface area contributed by atoms with Crippen LogP contribution in [0.3, 0.4) is 0 Å². The van der Waals surface area contributed by atoms with E-state index in [0.717, 1.165) is 16.8 Å². The van der Waals surface area contributed by atoms with Crippen molar-refractivity contribution in [2.45, 2.75) is 6.92 Å². The lowest BCUT2D eigenvalue weighted by Crippen LogP contribution is -2.03. The Morgan fingerprint density at radius 1 is 1.50 bits per heavy atom. The number of nitrogens with one attached hydrogen (secondary N) is 1. The molecule has 0 aliphatic carbocycles. The first-order chi connectivity index (χ1) is 5.66. The van der Waals surface area contributed by atoms with Gasteiger partial charge in [0.05, 0.1) is 0 Å². The first-order valence-corrected chi connectivity index (χ1v) is 3.82. The second kappa shape index (κ2) is 3.30. The Labute approximate surface area is 72.5 Å². The molecule has 0 unspecified atom stereocenters. The Kier molecular flexibility index (Phi) is 2.38. The Morgan fingerprint density at radius 2 is 2.17 bits per heavy atom. The first kappa shape index (κ1) is 8.65. The number of aromatic hydroxyl groups is 1. The van der Waals surface area contributed by atoms with Gasteiger partial charge in [-0.15, -0.1) is 0 Å². The molecule has 12 heavy (non-hydrogen) atoms. The van der Waals surface area contributed by atoms with Crippen LogP contribution in [0.5, 0.6) is 5.75 Å². The average molecular weight is 163 g/mol. The molecule has 2 N–H and O–H groups in total. The van der Waals surface area contributed by atoms with E-state index in [9.17, 15) is 5.11 Å². The molecule has 0 fully saturated rings. The molecular weight excluding hydrogens is 150 g/mol. The van der Waals surface area contributed by atoms with Crippen LogP contribution < -0.4 is 5.32 Å². The number of hydrogen-bond acceptors (Lipinski definition) is 2. The van der Waals surface area contributed by atoms with Crippen molar-refractivity contribution in [2.75, 3.05) is 7.05 Å². The summed E-state index contributed by atoms with van der Waals surface area (Å²) in [4.78, 5) is 0. The van der Waals surface area contributed by atoms with Crippen molar-refractivity contribution in [3.05, 3.63) is 35.9 Å². The Balaban J connectivity index is 3.16. The fraction of sp³-hybridized carbons (Fsp3) is 0.200. The van der Waals surface area contributed by atoms with Crippen LogP contribution in [0.15, 0.2) is 24.8 Å². The number of benzene rings is 1. The van der Waals surface area contributed by atoms with Crippen LogP contribution >= 0.6 is 0 Å². The van der Waals surface area contributed by atoms with Crippen LogP contribution in [0, 0.1) is 6.92 Å². The molecule has 1 rings (SSSR count). The van der Waals surface area contributed by atoms with Crippen molar-refractivity contribution in [1.82, 2.24) is 5.32 Å². The van der Waals surface area contributed by atoms with Gasteiger partial charge in [0.1, 0.15) is 5.75 Å². The van der Waals surface area contributed by atoms with Crippen molar-refractivity contribution >= 4 is 5.70 Å². The maximum Gasteiger partial charge on any atom is 0.127 e. The lowest BCUT2D eigenvalue weighted by Gasteiger charge is -2.08. The van der Waals surface area contributed by atoms with Crippen LogP contribution in [-0.4, -0.2) is 12.2 Å². The molecule has 0 radical (unpaired) electrons. The fourth-order valence-corrected chi connectivity index (χ4v) is 1.04. The molecule has 0 amide bonds. The van der Waals surface area contributed by atoms with Crippen LogP contribution in [0.1, 0.15) is 11.1 Å². The van der Waals surface area contributed by atoms with E-state index in [1.165, 1.54) is 0 Å². The van der Waals surface area contributed by atoms with E-state index in [1.54, 1.807) is 7.05 Å². The van der Waals surface area contributed by atoms with Crippen molar-refractivity contribution < 1.29 is 5.11 Å².